The predicted molar refractivity (Wildman–Crippen MR) is 139 cm³/mol. The molecule has 1 saturated heterocycles. The van der Waals surface area contributed by atoms with Crippen LogP contribution in [0.25, 0.3) is 0 Å². The van der Waals surface area contributed by atoms with E-state index in [2.05, 4.69) is 6.92 Å². The Bertz CT molecular complexity index is 1080. The largest absolute Gasteiger partial charge is 0.390 e. The van der Waals surface area contributed by atoms with Gasteiger partial charge in [0.1, 0.15) is 0 Å². The van der Waals surface area contributed by atoms with Crippen LogP contribution in [0.3, 0.4) is 0 Å². The molecule has 5 aliphatic rings. The third-order valence-corrected chi connectivity index (χ3v) is 12.8. The highest BCUT2D eigenvalue weighted by molar-refractivity contribution is 7.86. The van der Waals surface area contributed by atoms with Crippen molar-refractivity contribution < 1.29 is 22.4 Å². The molecule has 0 radical (unpaired) electrons. The summed E-state index contributed by atoms with van der Waals surface area (Å²) in [6, 6.07) is 6.93. The summed E-state index contributed by atoms with van der Waals surface area (Å²) in [6.45, 7) is 7.95. The van der Waals surface area contributed by atoms with Gasteiger partial charge in [0.15, 0.2) is 0 Å². The molecule has 0 aromatic heterocycles. The smallest absolute Gasteiger partial charge is 0.296 e. The molecule has 1 heterocycles. The second kappa shape index (κ2) is 8.79. The molecule has 4 aliphatic carbocycles. The topological polar surface area (TPSA) is 72.8 Å². The van der Waals surface area contributed by atoms with Crippen molar-refractivity contribution in [3.8, 4) is 0 Å². The van der Waals surface area contributed by atoms with Gasteiger partial charge in [-0.05, 0) is 125 Å². The summed E-state index contributed by atoms with van der Waals surface area (Å²) in [5, 5.41) is 10.7. The highest BCUT2D eigenvalue weighted by Crippen LogP contribution is 2.68. The quantitative estimate of drug-likeness (QED) is 0.506. The van der Waals surface area contributed by atoms with E-state index in [1.54, 1.807) is 12.1 Å². The van der Waals surface area contributed by atoms with E-state index in [4.69, 9.17) is 8.92 Å². The number of aliphatic hydroxyl groups is 1. The van der Waals surface area contributed by atoms with Crippen LogP contribution in [-0.4, -0.2) is 38.9 Å². The molecular weight excluding hydrogens is 472 g/mol. The van der Waals surface area contributed by atoms with E-state index in [-0.39, 0.29) is 22.3 Å². The van der Waals surface area contributed by atoms with Gasteiger partial charge in [-0.2, -0.15) is 8.42 Å². The van der Waals surface area contributed by atoms with Gasteiger partial charge in [0, 0.05) is 5.41 Å². The zero-order chi connectivity index (χ0) is 25.3. The number of ether oxygens (including phenoxy) is 1. The highest BCUT2D eigenvalue weighted by Gasteiger charge is 2.63. The number of rotatable bonds is 5. The van der Waals surface area contributed by atoms with Crippen LogP contribution in [0.5, 0.6) is 0 Å². The second-order valence-corrected chi connectivity index (χ2v) is 15.3. The Balaban J connectivity index is 1.18. The molecule has 0 amide bonds. The van der Waals surface area contributed by atoms with Gasteiger partial charge in [-0.3, -0.25) is 4.18 Å². The monoisotopic (exact) mass is 516 g/mol. The lowest BCUT2D eigenvalue weighted by atomic mass is 9.47. The lowest BCUT2D eigenvalue weighted by Gasteiger charge is -2.59. The molecule has 6 heteroatoms. The molecule has 1 aromatic rings. The first kappa shape index (κ1) is 25.3. The van der Waals surface area contributed by atoms with Gasteiger partial charge in [-0.15, -0.1) is 0 Å². The molecular formula is C30H44O5S. The van der Waals surface area contributed by atoms with Crippen molar-refractivity contribution in [1.82, 2.24) is 0 Å². The van der Waals surface area contributed by atoms with E-state index >= 15 is 0 Å². The van der Waals surface area contributed by atoms with Crippen LogP contribution in [0.15, 0.2) is 29.2 Å². The normalized spacial score (nSPS) is 43.7. The minimum Gasteiger partial charge on any atom is -0.390 e. The van der Waals surface area contributed by atoms with Gasteiger partial charge in [0.25, 0.3) is 10.1 Å². The Morgan fingerprint density at radius 3 is 2.36 bits per heavy atom. The van der Waals surface area contributed by atoms with Crippen LogP contribution < -0.4 is 0 Å². The van der Waals surface area contributed by atoms with E-state index in [1.807, 2.05) is 26.0 Å². The standard InChI is InChI=1S/C30H44O5S/c1-20-4-7-22(8-5-20)36(32,33)35-19-30(17-34-18-30)27-11-10-26-25-9-6-21-16-28(2,31)14-12-23(21)24(25)13-15-29(26,27)3/h4-5,7-8,21,23-27,31H,6,9-19H2,1-3H3/t21-,23+,24-,25-,26+,27+,28-,29+/m1/s1. The Morgan fingerprint density at radius 2 is 1.67 bits per heavy atom. The number of hydrogen-bond donors (Lipinski definition) is 1. The van der Waals surface area contributed by atoms with Gasteiger partial charge < -0.3 is 9.84 Å². The van der Waals surface area contributed by atoms with Crippen molar-refractivity contribution in [2.24, 2.45) is 46.3 Å². The minimum atomic E-state index is -3.78. The predicted octanol–water partition coefficient (Wildman–Crippen LogP) is 5.74. The fourth-order valence-corrected chi connectivity index (χ4v) is 10.8. The van der Waals surface area contributed by atoms with E-state index in [0.717, 1.165) is 48.5 Å². The summed E-state index contributed by atoms with van der Waals surface area (Å²) < 4.78 is 37.5. The summed E-state index contributed by atoms with van der Waals surface area (Å²) in [5.41, 5.74) is 0.598. The lowest BCUT2D eigenvalue weighted by Crippen LogP contribution is -2.58. The van der Waals surface area contributed by atoms with Crippen LogP contribution in [0, 0.1) is 53.3 Å². The summed E-state index contributed by atoms with van der Waals surface area (Å²) in [5.74, 6) is 4.25. The summed E-state index contributed by atoms with van der Waals surface area (Å²) in [4.78, 5) is 0.239. The Labute approximate surface area is 217 Å². The van der Waals surface area contributed by atoms with Crippen LogP contribution in [-0.2, 0) is 19.0 Å². The molecule has 1 N–H and O–H groups in total. The molecule has 5 fully saturated rings. The molecule has 0 spiro atoms. The maximum Gasteiger partial charge on any atom is 0.296 e. The van der Waals surface area contributed by atoms with E-state index < -0.39 is 15.7 Å². The van der Waals surface area contributed by atoms with Crippen LogP contribution >= 0.6 is 0 Å². The van der Waals surface area contributed by atoms with Crippen molar-refractivity contribution in [2.45, 2.75) is 89.1 Å². The first-order valence-electron chi connectivity index (χ1n) is 14.3. The van der Waals surface area contributed by atoms with Crippen molar-refractivity contribution in [3.05, 3.63) is 29.8 Å². The molecule has 5 nitrogen and oxygen atoms in total. The van der Waals surface area contributed by atoms with Crippen LogP contribution in [0.1, 0.15) is 77.2 Å². The van der Waals surface area contributed by atoms with Crippen molar-refractivity contribution in [1.29, 1.82) is 0 Å². The maximum absolute atomic E-state index is 13.0. The van der Waals surface area contributed by atoms with Crippen molar-refractivity contribution in [2.75, 3.05) is 19.8 Å². The number of fused-ring (bicyclic) bond motifs is 5. The van der Waals surface area contributed by atoms with E-state index in [0.29, 0.717) is 25.0 Å². The van der Waals surface area contributed by atoms with Gasteiger partial charge in [-0.25, -0.2) is 0 Å². The van der Waals surface area contributed by atoms with Crippen molar-refractivity contribution in [3.63, 3.8) is 0 Å². The zero-order valence-electron chi connectivity index (χ0n) is 22.2. The third-order valence-electron chi connectivity index (χ3n) is 11.6. The third kappa shape index (κ3) is 4.10. The molecule has 4 saturated carbocycles. The maximum atomic E-state index is 13.0. The summed E-state index contributed by atoms with van der Waals surface area (Å²) in [6.07, 6.45) is 10.6. The first-order valence-corrected chi connectivity index (χ1v) is 15.7. The van der Waals surface area contributed by atoms with E-state index in [9.17, 15) is 13.5 Å². The van der Waals surface area contributed by atoms with Gasteiger partial charge in [0.2, 0.25) is 0 Å². The number of aryl methyl sites for hydroxylation is 1. The summed E-state index contributed by atoms with van der Waals surface area (Å²) >= 11 is 0. The van der Waals surface area contributed by atoms with Gasteiger partial charge in [-0.1, -0.05) is 24.6 Å². The molecule has 1 aromatic carbocycles. The molecule has 6 rings (SSSR count). The Hall–Kier alpha value is -0.950. The molecule has 8 atom stereocenters. The Kier molecular flexibility index (Phi) is 6.19. The molecule has 0 unspecified atom stereocenters. The van der Waals surface area contributed by atoms with Crippen LogP contribution in [0.2, 0.25) is 0 Å². The minimum absolute atomic E-state index is 0.200. The van der Waals surface area contributed by atoms with Gasteiger partial charge >= 0.3 is 0 Å². The zero-order valence-corrected chi connectivity index (χ0v) is 23.1. The van der Waals surface area contributed by atoms with Crippen molar-refractivity contribution >= 4 is 10.1 Å². The van der Waals surface area contributed by atoms with Crippen LogP contribution in [0.4, 0.5) is 0 Å². The average molecular weight is 517 g/mol. The Morgan fingerprint density at radius 1 is 0.944 bits per heavy atom. The highest BCUT2D eigenvalue weighted by atomic mass is 32.2. The van der Waals surface area contributed by atoms with E-state index in [1.165, 1.54) is 38.5 Å². The average Bonchev–Trinajstić information content (AvgIpc) is 3.15. The molecule has 1 aliphatic heterocycles. The fourth-order valence-electron chi connectivity index (χ4n) is 9.80. The number of benzene rings is 1. The van der Waals surface area contributed by atoms with Gasteiger partial charge in [0.05, 0.1) is 30.3 Å². The fraction of sp³-hybridized carbons (Fsp3) is 0.800. The first-order chi connectivity index (χ1) is 17.0. The second-order valence-electron chi connectivity index (χ2n) is 13.7. The molecule has 200 valence electrons. The SMILES string of the molecule is Cc1ccc(S(=O)(=O)OCC2([C@H]3CC[C@H]4[C@@H]5CC[C@@H]6C[C@](C)(O)CC[C@@H]6[C@H]5CC[C@]34C)COC2)cc1. The molecule has 0 bridgehead atoms. The molecule has 36 heavy (non-hydrogen) atoms. The number of hydrogen-bond acceptors (Lipinski definition) is 5. The summed E-state index contributed by atoms with van der Waals surface area (Å²) in [7, 11) is -3.78. The lowest BCUT2D eigenvalue weighted by molar-refractivity contribution is -0.195.